The Morgan fingerprint density at radius 3 is 2.50 bits per heavy atom. The Labute approximate surface area is 83.6 Å². The van der Waals surface area contributed by atoms with Crippen molar-refractivity contribution in [1.29, 1.82) is 0 Å². The van der Waals surface area contributed by atoms with Gasteiger partial charge in [-0.25, -0.2) is 0 Å². The van der Waals surface area contributed by atoms with E-state index in [0.29, 0.717) is 0 Å². The number of carbonyl (C=O) groups excluding carboxylic acids is 1. The molecule has 1 aliphatic rings. The molecule has 0 aromatic heterocycles. The normalized spacial score (nSPS) is 17.9. The Kier molecular flexibility index (Phi) is 1.88. The van der Waals surface area contributed by atoms with Gasteiger partial charge in [-0.15, -0.1) is 0 Å². The first kappa shape index (κ1) is 9.25. The van der Waals surface area contributed by atoms with Gasteiger partial charge in [0.05, 0.1) is 5.41 Å². The van der Waals surface area contributed by atoms with Gasteiger partial charge in [0.2, 0.25) is 0 Å². The number of aryl methyl sites for hydroxylation is 1. The topological polar surface area (TPSA) is 37.3 Å². The molecule has 14 heavy (non-hydrogen) atoms. The van der Waals surface area contributed by atoms with Crippen LogP contribution >= 0.6 is 0 Å². The van der Waals surface area contributed by atoms with Gasteiger partial charge >= 0.3 is 0 Å². The number of ketones is 1. The van der Waals surface area contributed by atoms with Crippen molar-refractivity contribution in [3.8, 4) is 5.75 Å². The third-order valence-electron chi connectivity index (χ3n) is 3.19. The van der Waals surface area contributed by atoms with Crippen LogP contribution in [0, 0.1) is 6.92 Å². The summed E-state index contributed by atoms with van der Waals surface area (Å²) < 4.78 is 0. The van der Waals surface area contributed by atoms with Crippen LogP contribution in [0.2, 0.25) is 0 Å². The van der Waals surface area contributed by atoms with Crippen molar-refractivity contribution in [2.45, 2.75) is 32.1 Å². The van der Waals surface area contributed by atoms with Crippen LogP contribution in [-0.4, -0.2) is 10.9 Å². The fourth-order valence-corrected chi connectivity index (χ4v) is 1.88. The molecule has 1 aromatic rings. The van der Waals surface area contributed by atoms with Crippen LogP contribution < -0.4 is 0 Å². The van der Waals surface area contributed by atoms with Crippen LogP contribution in [0.4, 0.5) is 0 Å². The molecule has 0 amide bonds. The SMILES string of the molecule is CC(=O)C1(c2ccc(C)c(O)c2)CC1. The van der Waals surface area contributed by atoms with E-state index in [0.717, 1.165) is 24.0 Å². The van der Waals surface area contributed by atoms with E-state index in [1.54, 1.807) is 13.0 Å². The summed E-state index contributed by atoms with van der Waals surface area (Å²) in [6.07, 6.45) is 1.84. The molecular weight excluding hydrogens is 176 g/mol. The molecule has 2 nitrogen and oxygen atoms in total. The minimum Gasteiger partial charge on any atom is -0.508 e. The molecule has 1 fully saturated rings. The summed E-state index contributed by atoms with van der Waals surface area (Å²) >= 11 is 0. The van der Waals surface area contributed by atoms with E-state index < -0.39 is 0 Å². The highest BCUT2D eigenvalue weighted by Gasteiger charge is 2.48. The Hall–Kier alpha value is -1.31. The van der Waals surface area contributed by atoms with Crippen molar-refractivity contribution in [1.82, 2.24) is 0 Å². The smallest absolute Gasteiger partial charge is 0.140 e. The molecule has 1 saturated carbocycles. The number of rotatable bonds is 2. The molecular formula is C12H14O2. The molecule has 0 aliphatic heterocycles. The van der Waals surface area contributed by atoms with Gasteiger partial charge in [0.1, 0.15) is 11.5 Å². The molecule has 0 saturated heterocycles. The molecule has 1 aromatic carbocycles. The zero-order valence-corrected chi connectivity index (χ0v) is 8.50. The van der Waals surface area contributed by atoms with E-state index in [-0.39, 0.29) is 16.9 Å². The van der Waals surface area contributed by atoms with Gasteiger partial charge in [0.25, 0.3) is 0 Å². The predicted octanol–water partition coefficient (Wildman–Crippen LogP) is 2.32. The van der Waals surface area contributed by atoms with Crippen molar-refractivity contribution in [3.05, 3.63) is 29.3 Å². The second kappa shape index (κ2) is 2.84. The summed E-state index contributed by atoms with van der Waals surface area (Å²) in [7, 11) is 0. The second-order valence-corrected chi connectivity index (χ2v) is 4.14. The van der Waals surface area contributed by atoms with Crippen LogP contribution in [0.1, 0.15) is 30.9 Å². The van der Waals surface area contributed by atoms with Crippen molar-refractivity contribution >= 4 is 5.78 Å². The summed E-state index contributed by atoms with van der Waals surface area (Å²) in [5, 5.41) is 9.56. The number of hydrogen-bond donors (Lipinski definition) is 1. The van der Waals surface area contributed by atoms with E-state index in [4.69, 9.17) is 0 Å². The molecule has 74 valence electrons. The monoisotopic (exact) mass is 190 g/mol. The maximum absolute atomic E-state index is 11.4. The molecule has 0 atom stereocenters. The molecule has 2 rings (SSSR count). The van der Waals surface area contributed by atoms with Crippen LogP contribution in [0.3, 0.4) is 0 Å². The van der Waals surface area contributed by atoms with Crippen LogP contribution in [0.15, 0.2) is 18.2 Å². The van der Waals surface area contributed by atoms with E-state index in [9.17, 15) is 9.90 Å². The minimum atomic E-state index is -0.273. The summed E-state index contributed by atoms with van der Waals surface area (Å²) in [4.78, 5) is 11.4. The van der Waals surface area contributed by atoms with Gasteiger partial charge in [0, 0.05) is 0 Å². The second-order valence-electron chi connectivity index (χ2n) is 4.14. The molecule has 0 heterocycles. The number of hydrogen-bond acceptors (Lipinski definition) is 2. The number of phenolic OH excluding ortho intramolecular Hbond substituents is 1. The number of phenols is 1. The highest BCUT2D eigenvalue weighted by molar-refractivity contribution is 5.91. The average Bonchev–Trinajstić information content (AvgIpc) is 2.90. The lowest BCUT2D eigenvalue weighted by atomic mass is 9.91. The molecule has 2 heteroatoms. The Morgan fingerprint density at radius 1 is 1.43 bits per heavy atom. The molecule has 1 aliphatic carbocycles. The Bertz CT molecular complexity index is 389. The first-order chi connectivity index (χ1) is 6.56. The van der Waals surface area contributed by atoms with Crippen molar-refractivity contribution in [3.63, 3.8) is 0 Å². The van der Waals surface area contributed by atoms with Gasteiger partial charge in [-0.05, 0) is 43.9 Å². The summed E-state index contributed by atoms with van der Waals surface area (Å²) in [5.74, 6) is 0.496. The van der Waals surface area contributed by atoms with Crippen LogP contribution in [-0.2, 0) is 10.2 Å². The standard InChI is InChI=1S/C12H14O2/c1-8-3-4-10(7-11(8)14)12(5-6-12)9(2)13/h3-4,7,14H,5-6H2,1-2H3. The number of benzene rings is 1. The average molecular weight is 190 g/mol. The minimum absolute atomic E-state index is 0.209. The maximum Gasteiger partial charge on any atom is 0.140 e. The third kappa shape index (κ3) is 1.22. The van der Waals surface area contributed by atoms with Crippen molar-refractivity contribution in [2.24, 2.45) is 0 Å². The lowest BCUT2D eigenvalue weighted by molar-refractivity contribution is -0.119. The van der Waals surface area contributed by atoms with E-state index in [1.807, 2.05) is 19.1 Å². The first-order valence-electron chi connectivity index (χ1n) is 4.87. The lowest BCUT2D eigenvalue weighted by Gasteiger charge is -2.12. The van der Waals surface area contributed by atoms with Crippen molar-refractivity contribution < 1.29 is 9.90 Å². The predicted molar refractivity (Wildman–Crippen MR) is 54.4 cm³/mol. The lowest BCUT2D eigenvalue weighted by Crippen LogP contribution is -2.16. The zero-order valence-electron chi connectivity index (χ0n) is 8.50. The van der Waals surface area contributed by atoms with E-state index in [1.165, 1.54) is 0 Å². The van der Waals surface area contributed by atoms with Gasteiger partial charge in [0.15, 0.2) is 0 Å². The summed E-state index contributed by atoms with van der Waals surface area (Å²) in [6, 6.07) is 5.54. The van der Waals surface area contributed by atoms with Gasteiger partial charge in [-0.3, -0.25) is 4.79 Å². The van der Waals surface area contributed by atoms with Gasteiger partial charge in [-0.2, -0.15) is 0 Å². The molecule has 0 radical (unpaired) electrons. The zero-order chi connectivity index (χ0) is 10.3. The highest BCUT2D eigenvalue weighted by atomic mass is 16.3. The molecule has 0 unspecified atom stereocenters. The fourth-order valence-electron chi connectivity index (χ4n) is 1.88. The number of aromatic hydroxyl groups is 1. The summed E-state index contributed by atoms with van der Waals surface area (Å²) in [6.45, 7) is 3.48. The largest absolute Gasteiger partial charge is 0.508 e. The first-order valence-corrected chi connectivity index (χ1v) is 4.87. The number of Topliss-reactive ketones (excluding diaryl/α,β-unsaturated/α-hetero) is 1. The number of carbonyl (C=O) groups is 1. The molecule has 0 spiro atoms. The Balaban J connectivity index is 2.43. The maximum atomic E-state index is 11.4. The van der Waals surface area contributed by atoms with Crippen LogP contribution in [0.25, 0.3) is 0 Å². The molecule has 0 bridgehead atoms. The van der Waals surface area contributed by atoms with Gasteiger partial charge in [-0.1, -0.05) is 12.1 Å². The third-order valence-corrected chi connectivity index (χ3v) is 3.19. The molecule has 1 N–H and O–H groups in total. The highest BCUT2D eigenvalue weighted by Crippen LogP contribution is 2.49. The van der Waals surface area contributed by atoms with E-state index in [2.05, 4.69) is 0 Å². The Morgan fingerprint density at radius 2 is 2.07 bits per heavy atom. The van der Waals surface area contributed by atoms with Crippen LogP contribution in [0.5, 0.6) is 5.75 Å². The van der Waals surface area contributed by atoms with Gasteiger partial charge < -0.3 is 5.11 Å². The van der Waals surface area contributed by atoms with E-state index >= 15 is 0 Å². The van der Waals surface area contributed by atoms with Crippen molar-refractivity contribution in [2.75, 3.05) is 0 Å². The fraction of sp³-hybridized carbons (Fsp3) is 0.417. The quantitative estimate of drug-likeness (QED) is 0.777. The summed E-state index contributed by atoms with van der Waals surface area (Å²) in [5.41, 5.74) is 1.55.